The minimum Gasteiger partial charge on any atom is -0.497 e. The van der Waals surface area contributed by atoms with E-state index in [0.717, 1.165) is 34.9 Å². The van der Waals surface area contributed by atoms with Gasteiger partial charge in [-0.2, -0.15) is 0 Å². The van der Waals surface area contributed by atoms with Crippen molar-refractivity contribution in [1.82, 2.24) is 10.3 Å². The fraction of sp³-hybridized carbons (Fsp3) is 0.217. The third-order valence-corrected chi connectivity index (χ3v) is 4.31. The maximum atomic E-state index is 12.3. The molecule has 6 heteroatoms. The average Bonchev–Trinajstić information content (AvgIpc) is 2.76. The summed E-state index contributed by atoms with van der Waals surface area (Å²) in [5, 5.41) is 6.15. The van der Waals surface area contributed by atoms with Crippen molar-refractivity contribution >= 4 is 17.3 Å². The lowest BCUT2D eigenvalue weighted by atomic mass is 10.1. The minimum absolute atomic E-state index is 0.189. The van der Waals surface area contributed by atoms with Crippen LogP contribution in [0.4, 0.5) is 11.4 Å². The number of hydrogen-bond acceptors (Lipinski definition) is 5. The zero-order chi connectivity index (χ0) is 20.5. The van der Waals surface area contributed by atoms with E-state index in [2.05, 4.69) is 15.6 Å². The molecule has 0 bridgehead atoms. The first-order valence-electron chi connectivity index (χ1n) is 9.55. The highest BCUT2D eigenvalue weighted by Gasteiger charge is 2.07. The van der Waals surface area contributed by atoms with Crippen molar-refractivity contribution in [3.63, 3.8) is 0 Å². The Morgan fingerprint density at radius 1 is 0.931 bits per heavy atom. The normalized spacial score (nSPS) is 10.3. The molecule has 3 rings (SSSR count). The third kappa shape index (κ3) is 5.97. The van der Waals surface area contributed by atoms with Crippen LogP contribution < -0.4 is 20.1 Å². The molecular weight excluding hydrogens is 366 g/mol. The average molecular weight is 391 g/mol. The smallest absolute Gasteiger partial charge is 0.269 e. The molecule has 29 heavy (non-hydrogen) atoms. The summed E-state index contributed by atoms with van der Waals surface area (Å²) in [5.74, 6) is 1.46. The Morgan fingerprint density at radius 3 is 2.24 bits per heavy atom. The van der Waals surface area contributed by atoms with Crippen molar-refractivity contribution in [3.8, 4) is 11.5 Å². The zero-order valence-corrected chi connectivity index (χ0v) is 16.6. The van der Waals surface area contributed by atoms with Crippen LogP contribution in [0.15, 0.2) is 66.9 Å². The molecular formula is C23H25N3O3. The van der Waals surface area contributed by atoms with E-state index in [1.807, 2.05) is 61.5 Å². The van der Waals surface area contributed by atoms with Gasteiger partial charge in [0, 0.05) is 12.2 Å². The van der Waals surface area contributed by atoms with E-state index in [0.29, 0.717) is 18.8 Å². The van der Waals surface area contributed by atoms with E-state index >= 15 is 0 Å². The summed E-state index contributed by atoms with van der Waals surface area (Å²) in [6.07, 6.45) is 2.39. The molecule has 6 nitrogen and oxygen atoms in total. The molecule has 1 heterocycles. The zero-order valence-electron chi connectivity index (χ0n) is 16.6. The van der Waals surface area contributed by atoms with E-state index in [4.69, 9.17) is 9.47 Å². The van der Waals surface area contributed by atoms with Crippen LogP contribution in [-0.2, 0) is 6.42 Å². The Labute approximate surface area is 170 Å². The van der Waals surface area contributed by atoms with Crippen LogP contribution >= 0.6 is 0 Å². The second kappa shape index (κ2) is 10.1. The van der Waals surface area contributed by atoms with E-state index in [1.54, 1.807) is 19.4 Å². The lowest BCUT2D eigenvalue weighted by Crippen LogP contribution is -2.26. The molecule has 0 radical (unpaired) electrons. The minimum atomic E-state index is -0.189. The van der Waals surface area contributed by atoms with Crippen LogP contribution in [0.1, 0.15) is 23.0 Å². The SMILES string of the molecule is CCOc1ccc(Nc2ccc(C(=O)NCCc3ccc(OC)cc3)nc2)cc1. The molecule has 2 aromatic carbocycles. The summed E-state index contributed by atoms with van der Waals surface area (Å²) < 4.78 is 10.6. The standard InChI is InChI=1S/C23H25N3O3/c1-3-29-21-11-6-18(7-12-21)26-19-8-13-22(25-16-19)23(27)24-15-14-17-4-9-20(28-2)10-5-17/h4-13,16,26H,3,14-15H2,1-2H3,(H,24,27). The molecule has 2 N–H and O–H groups in total. The predicted octanol–water partition coefficient (Wildman–Crippen LogP) is 4.21. The number of methoxy groups -OCH3 is 1. The summed E-state index contributed by atoms with van der Waals surface area (Å²) in [6, 6.07) is 19.0. The highest BCUT2D eigenvalue weighted by atomic mass is 16.5. The Kier molecular flexibility index (Phi) is 7.05. The van der Waals surface area contributed by atoms with Crippen LogP contribution in [0.5, 0.6) is 11.5 Å². The van der Waals surface area contributed by atoms with Crippen molar-refractivity contribution < 1.29 is 14.3 Å². The molecule has 0 saturated carbocycles. The van der Waals surface area contributed by atoms with Crippen LogP contribution in [0, 0.1) is 0 Å². The molecule has 0 spiro atoms. The number of hydrogen-bond donors (Lipinski definition) is 2. The van der Waals surface area contributed by atoms with Gasteiger partial charge in [0.25, 0.3) is 5.91 Å². The number of carbonyl (C=O) groups excluding carboxylic acids is 1. The van der Waals surface area contributed by atoms with Gasteiger partial charge < -0.3 is 20.1 Å². The van der Waals surface area contributed by atoms with Crippen LogP contribution in [-0.4, -0.2) is 31.2 Å². The first kappa shape index (κ1) is 20.2. The molecule has 0 atom stereocenters. The van der Waals surface area contributed by atoms with E-state index < -0.39 is 0 Å². The molecule has 0 aliphatic rings. The Bertz CT molecular complexity index is 908. The van der Waals surface area contributed by atoms with Crippen LogP contribution in [0.25, 0.3) is 0 Å². The van der Waals surface area contributed by atoms with Gasteiger partial charge in [-0.15, -0.1) is 0 Å². The predicted molar refractivity (Wildman–Crippen MR) is 114 cm³/mol. The number of nitrogens with zero attached hydrogens (tertiary/aromatic N) is 1. The van der Waals surface area contributed by atoms with Gasteiger partial charge in [-0.1, -0.05) is 12.1 Å². The molecule has 0 fully saturated rings. The van der Waals surface area contributed by atoms with Gasteiger partial charge in [0.1, 0.15) is 17.2 Å². The van der Waals surface area contributed by atoms with Gasteiger partial charge in [-0.3, -0.25) is 4.79 Å². The number of aromatic nitrogens is 1. The maximum absolute atomic E-state index is 12.3. The molecule has 0 saturated heterocycles. The summed E-state index contributed by atoms with van der Waals surface area (Å²) in [5.41, 5.74) is 3.25. The van der Waals surface area contributed by atoms with Crippen molar-refractivity contribution in [1.29, 1.82) is 0 Å². The molecule has 0 aliphatic heterocycles. The topological polar surface area (TPSA) is 72.5 Å². The number of amides is 1. The molecule has 150 valence electrons. The van der Waals surface area contributed by atoms with Crippen molar-refractivity contribution in [3.05, 3.63) is 78.1 Å². The van der Waals surface area contributed by atoms with E-state index in [-0.39, 0.29) is 5.91 Å². The first-order chi connectivity index (χ1) is 14.2. The van der Waals surface area contributed by atoms with Gasteiger partial charge in [0.2, 0.25) is 0 Å². The molecule has 1 aromatic heterocycles. The van der Waals surface area contributed by atoms with Crippen LogP contribution in [0.2, 0.25) is 0 Å². The molecule has 0 aliphatic carbocycles. The number of pyridine rings is 1. The third-order valence-electron chi connectivity index (χ3n) is 4.31. The number of anilines is 2. The van der Waals surface area contributed by atoms with E-state index in [9.17, 15) is 4.79 Å². The van der Waals surface area contributed by atoms with Gasteiger partial charge >= 0.3 is 0 Å². The largest absolute Gasteiger partial charge is 0.497 e. The highest BCUT2D eigenvalue weighted by Crippen LogP contribution is 2.19. The van der Waals surface area contributed by atoms with Gasteiger partial charge in [0.05, 0.1) is 25.6 Å². The summed E-state index contributed by atoms with van der Waals surface area (Å²) in [4.78, 5) is 16.5. The fourth-order valence-electron chi connectivity index (χ4n) is 2.77. The highest BCUT2D eigenvalue weighted by molar-refractivity contribution is 5.92. The lowest BCUT2D eigenvalue weighted by Gasteiger charge is -2.09. The number of carbonyl (C=O) groups is 1. The Morgan fingerprint density at radius 2 is 1.62 bits per heavy atom. The van der Waals surface area contributed by atoms with E-state index in [1.165, 1.54) is 0 Å². The lowest BCUT2D eigenvalue weighted by molar-refractivity contribution is 0.0949. The quantitative estimate of drug-likeness (QED) is 0.572. The second-order valence-electron chi connectivity index (χ2n) is 6.37. The van der Waals surface area contributed by atoms with Gasteiger partial charge in [-0.05, 0) is 67.4 Å². The summed E-state index contributed by atoms with van der Waals surface area (Å²) in [6.45, 7) is 3.13. The van der Waals surface area contributed by atoms with Crippen molar-refractivity contribution in [2.75, 3.05) is 25.6 Å². The summed E-state index contributed by atoms with van der Waals surface area (Å²) in [7, 11) is 1.64. The fourth-order valence-corrected chi connectivity index (χ4v) is 2.77. The first-order valence-corrected chi connectivity index (χ1v) is 9.55. The number of nitrogens with one attached hydrogen (secondary N) is 2. The van der Waals surface area contributed by atoms with Crippen LogP contribution in [0.3, 0.4) is 0 Å². The Hall–Kier alpha value is -3.54. The number of ether oxygens (including phenoxy) is 2. The van der Waals surface area contributed by atoms with Gasteiger partial charge in [-0.25, -0.2) is 4.98 Å². The van der Waals surface area contributed by atoms with Crippen molar-refractivity contribution in [2.24, 2.45) is 0 Å². The summed E-state index contributed by atoms with van der Waals surface area (Å²) >= 11 is 0. The van der Waals surface area contributed by atoms with Crippen molar-refractivity contribution in [2.45, 2.75) is 13.3 Å². The molecule has 3 aromatic rings. The second-order valence-corrected chi connectivity index (χ2v) is 6.37. The number of rotatable bonds is 9. The monoisotopic (exact) mass is 391 g/mol. The Balaban J connectivity index is 1.48. The maximum Gasteiger partial charge on any atom is 0.269 e. The number of benzene rings is 2. The molecule has 1 amide bonds. The van der Waals surface area contributed by atoms with Gasteiger partial charge in [0.15, 0.2) is 0 Å². The molecule has 0 unspecified atom stereocenters.